The van der Waals surface area contributed by atoms with E-state index in [0.29, 0.717) is 11.2 Å². The van der Waals surface area contributed by atoms with Crippen molar-refractivity contribution in [3.8, 4) is 21.1 Å². The maximum absolute atomic E-state index is 4.73. The number of hydrogen-bond acceptors (Lipinski definition) is 7. The number of thiophene rings is 1. The molecule has 3 aliphatic heterocycles. The summed E-state index contributed by atoms with van der Waals surface area (Å²) in [6.45, 7) is 0. The van der Waals surface area contributed by atoms with Crippen molar-refractivity contribution in [3.05, 3.63) is 197 Å². The van der Waals surface area contributed by atoms with Crippen molar-refractivity contribution in [2.24, 2.45) is 0 Å². The van der Waals surface area contributed by atoms with Gasteiger partial charge in [0.25, 0.3) is 0 Å². The van der Waals surface area contributed by atoms with Crippen LogP contribution in [0.3, 0.4) is 0 Å². The Bertz CT molecular complexity index is 3160. The summed E-state index contributed by atoms with van der Waals surface area (Å²) < 4.78 is 2.67. The maximum atomic E-state index is 4.73. The smallest absolute Gasteiger partial charge is 0.148 e. The van der Waals surface area contributed by atoms with E-state index in [2.05, 4.69) is 168 Å². The van der Waals surface area contributed by atoms with Gasteiger partial charge < -0.3 is 9.80 Å². The zero-order valence-corrected chi connectivity index (χ0v) is 34.5. The van der Waals surface area contributed by atoms with E-state index >= 15 is 0 Å². The van der Waals surface area contributed by atoms with Crippen molar-refractivity contribution in [3.63, 3.8) is 0 Å². The molecule has 6 aromatic carbocycles. The molecular formula is C52H36N4S3. The van der Waals surface area contributed by atoms with Crippen LogP contribution in [0, 0.1) is 0 Å². The van der Waals surface area contributed by atoms with Gasteiger partial charge in [0.15, 0.2) is 0 Å². The second-order valence-electron chi connectivity index (χ2n) is 16.0. The molecule has 59 heavy (non-hydrogen) atoms. The molecule has 5 aliphatic rings. The average Bonchev–Trinajstić information content (AvgIpc) is 4.04. The Morgan fingerprint density at radius 3 is 2.20 bits per heavy atom. The molecule has 0 bridgehead atoms. The molecule has 2 aromatic heterocycles. The molecule has 2 aliphatic carbocycles. The minimum Gasteiger partial charge on any atom is -0.313 e. The molecule has 8 aromatic rings. The number of allylic oxidation sites excluding steroid dienone is 6. The van der Waals surface area contributed by atoms with E-state index in [1.165, 1.54) is 75.8 Å². The van der Waals surface area contributed by atoms with Crippen molar-refractivity contribution < 1.29 is 0 Å². The van der Waals surface area contributed by atoms with Gasteiger partial charge >= 0.3 is 0 Å². The van der Waals surface area contributed by atoms with E-state index in [1.54, 1.807) is 16.9 Å². The van der Waals surface area contributed by atoms with Crippen molar-refractivity contribution in [1.82, 2.24) is 10.2 Å². The fraction of sp³-hybridized carbons (Fsp3) is 0.115. The first-order valence-electron chi connectivity index (χ1n) is 20.4. The van der Waals surface area contributed by atoms with Crippen LogP contribution in [0.15, 0.2) is 185 Å². The highest BCUT2D eigenvalue weighted by molar-refractivity contribution is 8.00. The molecule has 0 saturated heterocycles. The summed E-state index contributed by atoms with van der Waals surface area (Å²) in [7, 11) is 0. The Labute approximate surface area is 355 Å². The number of benzene rings is 6. The van der Waals surface area contributed by atoms with Crippen molar-refractivity contribution >= 4 is 77.4 Å². The van der Waals surface area contributed by atoms with Crippen LogP contribution >= 0.6 is 34.4 Å². The summed E-state index contributed by atoms with van der Waals surface area (Å²) in [6.07, 6.45) is 13.8. The summed E-state index contributed by atoms with van der Waals surface area (Å²) in [5.74, 6) is 0.393. The van der Waals surface area contributed by atoms with Gasteiger partial charge in [-0.05, 0) is 120 Å². The molecule has 2 unspecified atom stereocenters. The van der Waals surface area contributed by atoms with Crippen LogP contribution in [0.25, 0.3) is 41.3 Å². The van der Waals surface area contributed by atoms with E-state index in [-0.39, 0.29) is 0 Å². The van der Waals surface area contributed by atoms with Crippen molar-refractivity contribution in [2.75, 3.05) is 9.80 Å². The van der Waals surface area contributed by atoms with Crippen LogP contribution in [0.2, 0.25) is 0 Å². The zero-order valence-electron chi connectivity index (χ0n) is 32.0. The Balaban J connectivity index is 0.820. The van der Waals surface area contributed by atoms with Crippen LogP contribution in [0.5, 0.6) is 0 Å². The highest BCUT2D eigenvalue weighted by atomic mass is 32.2. The molecule has 282 valence electrons. The van der Waals surface area contributed by atoms with Crippen molar-refractivity contribution in [2.45, 2.75) is 41.7 Å². The second kappa shape index (κ2) is 13.3. The third-order valence-electron chi connectivity index (χ3n) is 12.7. The quantitative estimate of drug-likeness (QED) is 0.177. The Hall–Kier alpha value is -5.99. The fourth-order valence-electron chi connectivity index (χ4n) is 9.96. The van der Waals surface area contributed by atoms with Gasteiger partial charge in [0.2, 0.25) is 0 Å². The largest absolute Gasteiger partial charge is 0.313 e. The second-order valence-corrected chi connectivity index (χ2v) is 19.2. The lowest BCUT2D eigenvalue weighted by atomic mass is 9.81. The number of anilines is 4. The summed E-state index contributed by atoms with van der Waals surface area (Å²) >= 11 is 5.58. The fourth-order valence-corrected chi connectivity index (χ4v) is 13.6. The standard InChI is InChI=1S/C52H36N4S3/c1-5-13-43-33(9-1)29-35-21-27-41-39-11-3-7-15-45(39)57-49(41)47(35)55(43)37-23-17-31(18-24-37)51-53-54-52(59-51)32-19-25-38(26-20-32)56-44-14-6-2-10-34(44)30-36-22-28-42-40-12-4-8-16-46(40)58-50(42)48(36)56/h1,3-9,11-28,42,50H,2,10,29-30H2. The Morgan fingerprint density at radius 1 is 0.610 bits per heavy atom. The first-order chi connectivity index (χ1) is 29.2. The first-order valence-corrected chi connectivity index (χ1v) is 23.0. The summed E-state index contributed by atoms with van der Waals surface area (Å²) in [6, 6.07) is 49.2. The molecule has 0 radical (unpaired) electrons. The highest BCUT2D eigenvalue weighted by Crippen LogP contribution is 2.56. The molecule has 13 rings (SSSR count). The van der Waals surface area contributed by atoms with Crippen LogP contribution in [0.1, 0.15) is 41.9 Å². The Morgan fingerprint density at radius 2 is 1.36 bits per heavy atom. The number of nitrogens with zero attached hydrogens (tertiary/aromatic N) is 4. The lowest BCUT2D eigenvalue weighted by Gasteiger charge is -2.42. The Kier molecular flexibility index (Phi) is 7.63. The first kappa shape index (κ1) is 33.9. The third-order valence-corrected chi connectivity index (χ3v) is 16.3. The van der Waals surface area contributed by atoms with E-state index in [1.807, 2.05) is 23.1 Å². The summed E-state index contributed by atoms with van der Waals surface area (Å²) in [5.41, 5.74) is 17.0. The minimum absolute atomic E-state index is 0.366. The molecule has 0 spiro atoms. The number of aromatic nitrogens is 2. The molecule has 5 heterocycles. The lowest BCUT2D eigenvalue weighted by Crippen LogP contribution is -2.35. The van der Waals surface area contributed by atoms with Crippen molar-refractivity contribution in [1.29, 1.82) is 0 Å². The van der Waals surface area contributed by atoms with Gasteiger partial charge in [-0.25, -0.2) is 0 Å². The number of hydrogen-bond donors (Lipinski definition) is 0. The number of thioether (sulfide) groups is 1. The molecule has 7 heteroatoms. The average molecular weight is 813 g/mol. The van der Waals surface area contributed by atoms with Gasteiger partial charge in [-0.15, -0.1) is 33.3 Å². The van der Waals surface area contributed by atoms with Gasteiger partial charge in [-0.3, -0.25) is 0 Å². The SMILES string of the molecule is C1=CC2=C(CC1)CC1=C(C3Sc4ccccc4C3C=C1)N2c1ccc(-c2nnc(-c3ccc(N4c5ccccc5Cc5ccc6c(sc7ccccc76)c54)cc3)s2)cc1. The minimum atomic E-state index is 0.366. The summed E-state index contributed by atoms with van der Waals surface area (Å²) in [4.78, 5) is 6.46. The van der Waals surface area contributed by atoms with Crippen LogP contribution in [-0.4, -0.2) is 15.4 Å². The maximum Gasteiger partial charge on any atom is 0.148 e. The van der Waals surface area contributed by atoms with Gasteiger partial charge in [0.05, 0.1) is 15.6 Å². The molecular weight excluding hydrogens is 777 g/mol. The molecule has 4 nitrogen and oxygen atoms in total. The number of rotatable bonds is 4. The summed E-state index contributed by atoms with van der Waals surface area (Å²) in [5, 5.41) is 14.3. The van der Waals surface area contributed by atoms with Gasteiger partial charge in [-0.2, -0.15) is 0 Å². The van der Waals surface area contributed by atoms with Crippen LogP contribution < -0.4 is 9.80 Å². The van der Waals surface area contributed by atoms with E-state index in [4.69, 9.17) is 10.2 Å². The number of fused-ring (bicyclic) bond motifs is 10. The normalized spacial score (nSPS) is 18.8. The topological polar surface area (TPSA) is 32.3 Å². The van der Waals surface area contributed by atoms with Gasteiger partial charge in [0, 0.05) is 72.3 Å². The molecule has 0 saturated carbocycles. The molecule has 2 atom stereocenters. The highest BCUT2D eigenvalue weighted by Gasteiger charge is 2.42. The van der Waals surface area contributed by atoms with E-state index < -0.39 is 0 Å². The molecule has 0 amide bonds. The third kappa shape index (κ3) is 5.28. The predicted molar refractivity (Wildman–Crippen MR) is 249 cm³/mol. The molecule has 0 N–H and O–H groups in total. The lowest BCUT2D eigenvalue weighted by molar-refractivity contribution is 0.753. The zero-order chi connectivity index (χ0) is 38.6. The van der Waals surface area contributed by atoms with Crippen LogP contribution in [-0.2, 0) is 6.42 Å². The monoisotopic (exact) mass is 812 g/mol. The molecule has 0 fully saturated rings. The van der Waals surface area contributed by atoms with Crippen LogP contribution in [0.4, 0.5) is 22.7 Å². The van der Waals surface area contributed by atoms with Gasteiger partial charge in [-0.1, -0.05) is 96.3 Å². The van der Waals surface area contributed by atoms with E-state index in [0.717, 1.165) is 52.5 Å². The van der Waals surface area contributed by atoms with E-state index in [9.17, 15) is 0 Å². The number of para-hydroxylation sites is 1. The predicted octanol–water partition coefficient (Wildman–Crippen LogP) is 14.5. The van der Waals surface area contributed by atoms with Gasteiger partial charge in [0.1, 0.15) is 10.0 Å².